The highest BCUT2D eigenvalue weighted by atomic mass is 14.0. The van der Waals surface area contributed by atoms with E-state index in [1.165, 1.54) is 77.0 Å². The smallest absolute Gasteiger partial charge is 0.0533 e. The Morgan fingerprint density at radius 3 is 0.429 bits per heavy atom. The van der Waals surface area contributed by atoms with Gasteiger partial charge in [0.25, 0.3) is 0 Å². The van der Waals surface area contributed by atoms with Gasteiger partial charge in [-0.1, -0.05) is 90.9 Å². The lowest BCUT2D eigenvalue weighted by atomic mass is 10.0. The van der Waals surface area contributed by atoms with Gasteiger partial charge in [0.1, 0.15) is 0 Å². The predicted octanol–water partition coefficient (Wildman–Crippen LogP) is 5.71. The van der Waals surface area contributed by atoms with E-state index >= 15 is 0 Å². The molecule has 0 amide bonds. The molecular weight excluding hydrogens is 168 g/mol. The van der Waals surface area contributed by atoms with E-state index in [-0.39, 0.29) is 0 Å². The van der Waals surface area contributed by atoms with Crippen molar-refractivity contribution in [2.45, 2.75) is 90.9 Å². The van der Waals surface area contributed by atoms with Crippen molar-refractivity contribution in [2.75, 3.05) is 0 Å². The van der Waals surface area contributed by atoms with Crippen LogP contribution in [0.1, 0.15) is 90.9 Å². The minimum Gasteiger partial charge on any atom is -0.0683 e. The highest BCUT2D eigenvalue weighted by Gasteiger charge is 1.96. The largest absolute Gasteiger partial charge is 0.0683 e. The van der Waals surface area contributed by atoms with Gasteiger partial charge in [0.15, 0.2) is 0 Å². The number of hydrogen-bond donors (Lipinski definition) is 0. The quantitative estimate of drug-likeness (QED) is 0.468. The Labute approximate surface area is 91.5 Å². The monoisotopic (exact) mass is 198 g/mol. The Morgan fingerprint density at radius 1 is 0.286 bits per heavy atom. The first-order valence-corrected chi connectivity index (χ1v) is 7.00. The van der Waals surface area contributed by atoms with E-state index in [1.54, 1.807) is 0 Å². The van der Waals surface area contributed by atoms with Crippen LogP contribution in [0.5, 0.6) is 0 Å². The van der Waals surface area contributed by atoms with Gasteiger partial charge in [-0.2, -0.15) is 0 Å². The van der Waals surface area contributed by atoms with Crippen LogP contribution in [0.15, 0.2) is 0 Å². The Hall–Kier alpha value is 0. The third-order valence-corrected chi connectivity index (χ3v) is 3.00. The SMILES string of the molecule is C1CCCCC1.C1CCCCC1.CC. The lowest BCUT2D eigenvalue weighted by Crippen LogP contribution is -1.85. The summed E-state index contributed by atoms with van der Waals surface area (Å²) in [6.07, 6.45) is 18.0. The molecule has 2 fully saturated rings. The van der Waals surface area contributed by atoms with Gasteiger partial charge in [0.2, 0.25) is 0 Å². The fourth-order valence-corrected chi connectivity index (χ4v) is 2.12. The lowest BCUT2D eigenvalue weighted by molar-refractivity contribution is 0.504. The topological polar surface area (TPSA) is 0 Å². The van der Waals surface area contributed by atoms with Crippen LogP contribution in [0.3, 0.4) is 0 Å². The molecule has 2 aliphatic carbocycles. The van der Waals surface area contributed by atoms with Crippen LogP contribution in [-0.4, -0.2) is 0 Å². The van der Waals surface area contributed by atoms with Crippen molar-refractivity contribution in [1.29, 1.82) is 0 Å². The standard InChI is InChI=1S/2C6H12.C2H6/c2*1-2-4-6-5-3-1;1-2/h2*1-6H2;1-2H3. The van der Waals surface area contributed by atoms with Crippen LogP contribution in [-0.2, 0) is 0 Å². The zero-order valence-electron chi connectivity index (χ0n) is 10.5. The van der Waals surface area contributed by atoms with Crippen LogP contribution in [0.25, 0.3) is 0 Å². The van der Waals surface area contributed by atoms with Gasteiger partial charge in [-0.05, 0) is 0 Å². The van der Waals surface area contributed by atoms with Gasteiger partial charge < -0.3 is 0 Å². The molecule has 2 rings (SSSR count). The van der Waals surface area contributed by atoms with Gasteiger partial charge in [-0.25, -0.2) is 0 Å². The molecule has 0 aromatic carbocycles. The van der Waals surface area contributed by atoms with Crippen molar-refractivity contribution in [2.24, 2.45) is 0 Å². The molecule has 0 heterocycles. The summed E-state index contributed by atoms with van der Waals surface area (Å²) < 4.78 is 0. The molecule has 0 aliphatic heterocycles. The molecule has 0 N–H and O–H groups in total. The van der Waals surface area contributed by atoms with Crippen LogP contribution in [0, 0.1) is 0 Å². The molecule has 0 radical (unpaired) electrons. The van der Waals surface area contributed by atoms with Crippen molar-refractivity contribution in [3.63, 3.8) is 0 Å². The summed E-state index contributed by atoms with van der Waals surface area (Å²) in [4.78, 5) is 0. The molecule has 0 aromatic rings. The van der Waals surface area contributed by atoms with Crippen molar-refractivity contribution in [1.82, 2.24) is 0 Å². The molecule has 0 unspecified atom stereocenters. The van der Waals surface area contributed by atoms with Crippen molar-refractivity contribution < 1.29 is 0 Å². The van der Waals surface area contributed by atoms with Gasteiger partial charge in [0, 0.05) is 0 Å². The molecule has 0 saturated heterocycles. The molecule has 2 aliphatic rings. The molecular formula is C14H30. The third kappa shape index (κ3) is 10.1. The van der Waals surface area contributed by atoms with Crippen LogP contribution in [0.4, 0.5) is 0 Å². The van der Waals surface area contributed by atoms with E-state index in [1.807, 2.05) is 13.8 Å². The summed E-state index contributed by atoms with van der Waals surface area (Å²) >= 11 is 0. The van der Waals surface area contributed by atoms with E-state index in [4.69, 9.17) is 0 Å². The summed E-state index contributed by atoms with van der Waals surface area (Å²) in [6.45, 7) is 4.00. The summed E-state index contributed by atoms with van der Waals surface area (Å²) in [5.41, 5.74) is 0. The van der Waals surface area contributed by atoms with Gasteiger partial charge in [0.05, 0.1) is 0 Å². The summed E-state index contributed by atoms with van der Waals surface area (Å²) in [5.74, 6) is 0. The molecule has 86 valence electrons. The maximum absolute atomic E-state index is 2.00. The highest BCUT2D eigenvalue weighted by Crippen LogP contribution is 2.15. The van der Waals surface area contributed by atoms with Gasteiger partial charge in [-0.3, -0.25) is 0 Å². The van der Waals surface area contributed by atoms with Gasteiger partial charge in [-0.15, -0.1) is 0 Å². The van der Waals surface area contributed by atoms with Crippen molar-refractivity contribution in [3.8, 4) is 0 Å². The molecule has 0 bridgehead atoms. The Kier molecular flexibility index (Phi) is 13.0. The van der Waals surface area contributed by atoms with E-state index in [0.717, 1.165) is 0 Å². The maximum atomic E-state index is 2.00. The molecule has 0 spiro atoms. The first kappa shape index (κ1) is 14.0. The zero-order valence-corrected chi connectivity index (χ0v) is 10.5. The van der Waals surface area contributed by atoms with Crippen molar-refractivity contribution >= 4 is 0 Å². The summed E-state index contributed by atoms with van der Waals surface area (Å²) in [7, 11) is 0. The predicted molar refractivity (Wildman–Crippen MR) is 66.8 cm³/mol. The molecule has 0 nitrogen and oxygen atoms in total. The first-order chi connectivity index (χ1) is 7.00. The number of hydrogen-bond acceptors (Lipinski definition) is 0. The highest BCUT2D eigenvalue weighted by molar-refractivity contribution is 4.51. The zero-order chi connectivity index (χ0) is 10.5. The second kappa shape index (κ2) is 13.0. The minimum absolute atomic E-state index is 1.50. The fraction of sp³-hybridized carbons (Fsp3) is 1.00. The maximum Gasteiger partial charge on any atom is -0.0533 e. The Bertz CT molecular complexity index is 43.0. The van der Waals surface area contributed by atoms with Crippen LogP contribution >= 0.6 is 0 Å². The van der Waals surface area contributed by atoms with Crippen LogP contribution < -0.4 is 0 Å². The van der Waals surface area contributed by atoms with Gasteiger partial charge >= 0.3 is 0 Å². The summed E-state index contributed by atoms with van der Waals surface area (Å²) in [6, 6.07) is 0. The second-order valence-electron chi connectivity index (χ2n) is 4.24. The molecule has 0 aromatic heterocycles. The Morgan fingerprint density at radius 2 is 0.357 bits per heavy atom. The summed E-state index contributed by atoms with van der Waals surface area (Å²) in [5, 5.41) is 0. The average Bonchev–Trinajstić information content (AvgIpc) is 2.37. The molecule has 14 heavy (non-hydrogen) atoms. The molecule has 0 heteroatoms. The fourth-order valence-electron chi connectivity index (χ4n) is 2.12. The molecule has 0 atom stereocenters. The van der Waals surface area contributed by atoms with E-state index in [0.29, 0.717) is 0 Å². The number of rotatable bonds is 0. The Balaban J connectivity index is 0.000000206. The third-order valence-electron chi connectivity index (χ3n) is 3.00. The average molecular weight is 198 g/mol. The van der Waals surface area contributed by atoms with Crippen LogP contribution in [0.2, 0.25) is 0 Å². The minimum atomic E-state index is 1.50. The van der Waals surface area contributed by atoms with E-state index in [9.17, 15) is 0 Å². The first-order valence-electron chi connectivity index (χ1n) is 7.00. The lowest BCUT2D eigenvalue weighted by Gasteiger charge is -2.05. The van der Waals surface area contributed by atoms with Crippen molar-refractivity contribution in [3.05, 3.63) is 0 Å². The molecule has 2 saturated carbocycles. The normalized spacial score (nSPS) is 21.0. The second-order valence-corrected chi connectivity index (χ2v) is 4.24. The van der Waals surface area contributed by atoms with E-state index in [2.05, 4.69) is 0 Å². The van der Waals surface area contributed by atoms with E-state index < -0.39 is 0 Å².